The molecule has 0 radical (unpaired) electrons. The summed E-state index contributed by atoms with van der Waals surface area (Å²) in [5, 5.41) is 19.2. The molecule has 1 unspecified atom stereocenters. The molecule has 126 valence electrons. The Balaban J connectivity index is 1.85. The van der Waals surface area contributed by atoms with Gasteiger partial charge in [-0.05, 0) is 42.0 Å². The fraction of sp³-hybridized carbons (Fsp3) is 0.118. The Bertz CT molecular complexity index is 869. The molecule has 0 N–H and O–H groups in total. The average molecular weight is 353 g/mol. The number of amides is 1. The van der Waals surface area contributed by atoms with Gasteiger partial charge < -0.3 is 14.8 Å². The molecule has 25 heavy (non-hydrogen) atoms. The van der Waals surface area contributed by atoms with Crippen molar-refractivity contribution in [3.63, 3.8) is 0 Å². The number of azo groups is 1. The number of para-hydroxylation sites is 1. The van der Waals surface area contributed by atoms with Crippen molar-refractivity contribution < 1.29 is 14.7 Å². The van der Waals surface area contributed by atoms with E-state index in [1.165, 1.54) is 28.0 Å². The third-order valence-electron chi connectivity index (χ3n) is 3.68. The Morgan fingerprint density at radius 2 is 1.88 bits per heavy atom. The second kappa shape index (κ2) is 6.78. The molecule has 0 saturated carbocycles. The summed E-state index contributed by atoms with van der Waals surface area (Å²) in [6, 6.07) is 14.9. The molecule has 1 atom stereocenters. The fourth-order valence-electron chi connectivity index (χ4n) is 2.40. The first kappa shape index (κ1) is 16.7. The van der Waals surface area contributed by atoms with Crippen molar-refractivity contribution in [3.8, 4) is 0 Å². The van der Waals surface area contributed by atoms with Crippen molar-refractivity contribution in [2.75, 3.05) is 11.9 Å². The van der Waals surface area contributed by atoms with Gasteiger partial charge in [0.25, 0.3) is 5.91 Å². The van der Waals surface area contributed by atoms with Crippen molar-refractivity contribution in [2.45, 2.75) is 6.17 Å². The van der Waals surface area contributed by atoms with Crippen LogP contribution in [0.1, 0.15) is 10.4 Å². The number of carbonyl (C=O) groups excluding carboxylic acids is 2. The van der Waals surface area contributed by atoms with E-state index in [1.807, 2.05) is 18.2 Å². The summed E-state index contributed by atoms with van der Waals surface area (Å²) in [6.45, 7) is 0. The maximum absolute atomic E-state index is 12.7. The minimum absolute atomic E-state index is 0.0102. The molecular weight excluding hydrogens is 340 g/mol. The van der Waals surface area contributed by atoms with Gasteiger partial charge in [0.05, 0.1) is 17.3 Å². The number of hydrogen-bond donors (Lipinski definition) is 0. The summed E-state index contributed by atoms with van der Waals surface area (Å²) < 4.78 is 0. The van der Waals surface area contributed by atoms with Crippen molar-refractivity contribution in [3.05, 3.63) is 60.2 Å². The molecule has 3 rings (SSSR count). The molecule has 1 saturated heterocycles. The number of carboxylic acids is 1. The highest BCUT2D eigenvalue weighted by molar-refractivity contribution is 7.80. The van der Waals surface area contributed by atoms with E-state index < -0.39 is 12.1 Å². The van der Waals surface area contributed by atoms with Crippen LogP contribution in [0.15, 0.2) is 64.8 Å². The van der Waals surface area contributed by atoms with E-state index in [-0.39, 0.29) is 11.5 Å². The van der Waals surface area contributed by atoms with Gasteiger partial charge in [0.15, 0.2) is 5.11 Å². The van der Waals surface area contributed by atoms with Crippen LogP contribution in [0.4, 0.5) is 11.4 Å². The Kier molecular flexibility index (Phi) is 4.53. The van der Waals surface area contributed by atoms with Crippen LogP contribution in [0.2, 0.25) is 0 Å². The molecule has 2 aromatic carbocycles. The molecule has 1 heterocycles. The van der Waals surface area contributed by atoms with Gasteiger partial charge in [-0.1, -0.05) is 30.3 Å². The van der Waals surface area contributed by atoms with E-state index in [9.17, 15) is 14.7 Å². The van der Waals surface area contributed by atoms with Crippen LogP contribution in [0, 0.1) is 0 Å². The lowest BCUT2D eigenvalue weighted by Crippen LogP contribution is -2.30. The van der Waals surface area contributed by atoms with Crippen molar-refractivity contribution in [1.29, 1.82) is 0 Å². The van der Waals surface area contributed by atoms with Crippen molar-refractivity contribution in [2.24, 2.45) is 10.2 Å². The second-order valence-electron chi connectivity index (χ2n) is 5.33. The van der Waals surface area contributed by atoms with Crippen molar-refractivity contribution in [1.82, 2.24) is 4.90 Å². The minimum Gasteiger partial charge on any atom is -0.545 e. The van der Waals surface area contributed by atoms with Crippen LogP contribution >= 0.6 is 12.2 Å². The van der Waals surface area contributed by atoms with Gasteiger partial charge in [-0.3, -0.25) is 9.69 Å². The number of nitrogens with zero attached hydrogens (tertiary/aromatic N) is 4. The van der Waals surface area contributed by atoms with Gasteiger partial charge in [-0.15, -0.1) is 0 Å². The van der Waals surface area contributed by atoms with Gasteiger partial charge in [0.2, 0.25) is 6.17 Å². The van der Waals surface area contributed by atoms with E-state index in [4.69, 9.17) is 12.2 Å². The number of hydrogen-bond acceptors (Lipinski definition) is 6. The molecular formula is C17H13N4O3S-. The van der Waals surface area contributed by atoms with Gasteiger partial charge in [-0.2, -0.15) is 10.2 Å². The van der Waals surface area contributed by atoms with E-state index >= 15 is 0 Å². The first-order chi connectivity index (χ1) is 12.0. The number of carbonyl (C=O) groups is 2. The SMILES string of the molecule is CN1C(=S)N(c2ccccc2)C(=O)C1N=Nc1cccc(C(=O)[O-])c1. The van der Waals surface area contributed by atoms with Crippen LogP contribution in [0.5, 0.6) is 0 Å². The number of likely N-dealkylation sites (N-methyl/N-ethyl adjacent to an activating group) is 1. The van der Waals surface area contributed by atoms with E-state index in [1.54, 1.807) is 25.2 Å². The molecule has 7 nitrogen and oxygen atoms in total. The molecule has 2 aromatic rings. The molecule has 1 amide bonds. The topological polar surface area (TPSA) is 88.4 Å². The predicted molar refractivity (Wildman–Crippen MR) is 93.4 cm³/mol. The predicted octanol–water partition coefficient (Wildman–Crippen LogP) is 1.72. The number of rotatable bonds is 4. The number of carboxylic acid groups (broad SMARTS) is 1. The highest BCUT2D eigenvalue weighted by atomic mass is 32.1. The number of anilines is 1. The average Bonchev–Trinajstić information content (AvgIpc) is 2.83. The number of thiocarbonyl (C=S) groups is 1. The Hall–Kier alpha value is -3.13. The third-order valence-corrected chi connectivity index (χ3v) is 4.15. The zero-order valence-electron chi connectivity index (χ0n) is 13.2. The zero-order chi connectivity index (χ0) is 18.0. The highest BCUT2D eigenvalue weighted by Crippen LogP contribution is 2.26. The number of aromatic carboxylic acids is 1. The molecule has 0 aliphatic carbocycles. The van der Waals surface area contributed by atoms with Gasteiger partial charge in [0, 0.05) is 7.05 Å². The normalized spacial score (nSPS) is 17.6. The lowest BCUT2D eigenvalue weighted by Gasteiger charge is -2.16. The third kappa shape index (κ3) is 3.24. The molecule has 1 aliphatic heterocycles. The van der Waals surface area contributed by atoms with E-state index in [0.717, 1.165) is 0 Å². The zero-order valence-corrected chi connectivity index (χ0v) is 14.0. The van der Waals surface area contributed by atoms with Gasteiger partial charge in [0.1, 0.15) is 0 Å². The second-order valence-corrected chi connectivity index (χ2v) is 5.69. The highest BCUT2D eigenvalue weighted by Gasteiger charge is 2.41. The smallest absolute Gasteiger partial charge is 0.280 e. The molecule has 1 fully saturated rings. The van der Waals surface area contributed by atoms with Crippen LogP contribution in [-0.4, -0.2) is 35.1 Å². The summed E-state index contributed by atoms with van der Waals surface area (Å²) in [5.41, 5.74) is 0.956. The lowest BCUT2D eigenvalue weighted by molar-refractivity contribution is -0.255. The summed E-state index contributed by atoms with van der Waals surface area (Å²) >= 11 is 5.33. The van der Waals surface area contributed by atoms with Crippen LogP contribution in [0.25, 0.3) is 0 Å². The van der Waals surface area contributed by atoms with Crippen LogP contribution in [0.3, 0.4) is 0 Å². The quantitative estimate of drug-likeness (QED) is 0.617. The van der Waals surface area contributed by atoms with Gasteiger partial charge in [-0.25, -0.2) is 0 Å². The number of benzene rings is 2. The summed E-state index contributed by atoms with van der Waals surface area (Å²) in [4.78, 5) is 26.5. The monoisotopic (exact) mass is 353 g/mol. The largest absolute Gasteiger partial charge is 0.545 e. The van der Waals surface area contributed by atoms with Gasteiger partial charge >= 0.3 is 0 Å². The van der Waals surface area contributed by atoms with Crippen LogP contribution in [-0.2, 0) is 4.79 Å². The first-order valence-corrected chi connectivity index (χ1v) is 7.78. The summed E-state index contributed by atoms with van der Waals surface area (Å²) in [6.07, 6.45) is -0.903. The molecule has 0 aromatic heterocycles. The fourth-order valence-corrected chi connectivity index (χ4v) is 2.69. The molecule has 0 bridgehead atoms. The summed E-state index contributed by atoms with van der Waals surface area (Å²) in [7, 11) is 1.66. The molecule has 0 spiro atoms. The Morgan fingerprint density at radius 3 is 2.56 bits per heavy atom. The summed E-state index contributed by atoms with van der Waals surface area (Å²) in [5.74, 6) is -1.62. The Labute approximate surface area is 149 Å². The standard InChI is InChI=1S/C17H14N4O3S/c1-20-14(19-18-12-7-5-6-11(10-12)16(23)24)15(22)21(17(20)25)13-8-3-2-4-9-13/h2-10,14H,1H3,(H,23,24)/p-1. The van der Waals surface area contributed by atoms with Crippen LogP contribution < -0.4 is 10.0 Å². The van der Waals surface area contributed by atoms with Crippen molar-refractivity contribution >= 4 is 40.6 Å². The maximum atomic E-state index is 12.7. The maximum Gasteiger partial charge on any atom is 0.280 e. The first-order valence-electron chi connectivity index (χ1n) is 7.37. The molecule has 8 heteroatoms. The van der Waals surface area contributed by atoms with E-state index in [2.05, 4.69) is 10.2 Å². The lowest BCUT2D eigenvalue weighted by atomic mass is 10.2. The molecule has 1 aliphatic rings. The van der Waals surface area contributed by atoms with E-state index in [0.29, 0.717) is 16.5 Å². The minimum atomic E-state index is -1.30. The Morgan fingerprint density at radius 1 is 1.16 bits per heavy atom.